The highest BCUT2D eigenvalue weighted by Gasteiger charge is 2.35. The van der Waals surface area contributed by atoms with E-state index in [1.54, 1.807) is 11.8 Å². The van der Waals surface area contributed by atoms with Gasteiger partial charge in [-0.2, -0.15) is 10.5 Å². The van der Waals surface area contributed by atoms with E-state index in [9.17, 15) is 24.9 Å². The Labute approximate surface area is 189 Å². The van der Waals surface area contributed by atoms with E-state index in [1.807, 2.05) is 12.1 Å². The summed E-state index contributed by atoms with van der Waals surface area (Å²) in [7, 11) is 0. The van der Waals surface area contributed by atoms with E-state index < -0.39 is 17.9 Å². The summed E-state index contributed by atoms with van der Waals surface area (Å²) in [4.78, 5) is 36.9. The van der Waals surface area contributed by atoms with Gasteiger partial charge in [0.2, 0.25) is 0 Å². The quantitative estimate of drug-likeness (QED) is 0.179. The first-order valence-corrected chi connectivity index (χ1v) is 10.5. The molecule has 9 nitrogen and oxygen atoms in total. The van der Waals surface area contributed by atoms with Crippen molar-refractivity contribution >= 4 is 35.4 Å². The van der Waals surface area contributed by atoms with Crippen LogP contribution in [0.4, 0.5) is 5.69 Å². The topological polar surface area (TPSA) is 130 Å². The fraction of sp³-hybridized carbons (Fsp3) is 0.318. The number of allylic oxidation sites excluding steroid dienone is 1. The van der Waals surface area contributed by atoms with E-state index in [1.165, 1.54) is 19.1 Å². The largest absolute Gasteiger partial charge is 0.463 e. The van der Waals surface area contributed by atoms with Crippen molar-refractivity contribution < 1.29 is 28.6 Å². The van der Waals surface area contributed by atoms with Crippen molar-refractivity contribution in [3.8, 4) is 23.6 Å². The number of thioether (sulfide) groups is 1. The van der Waals surface area contributed by atoms with Gasteiger partial charge in [-0.05, 0) is 25.0 Å². The van der Waals surface area contributed by atoms with Gasteiger partial charge in [0.15, 0.2) is 11.3 Å². The van der Waals surface area contributed by atoms with E-state index in [0.29, 0.717) is 35.0 Å². The van der Waals surface area contributed by atoms with Gasteiger partial charge in [0.1, 0.15) is 28.6 Å². The molecule has 10 heteroatoms. The zero-order chi connectivity index (χ0) is 23.7. The molecule has 1 aromatic carbocycles. The highest BCUT2D eigenvalue weighted by atomic mass is 32.2. The second kappa shape index (κ2) is 11.6. The number of unbranched alkanes of at least 4 members (excludes halogenated alkanes) is 1. The molecule has 0 saturated heterocycles. The Morgan fingerprint density at radius 2 is 1.84 bits per heavy atom. The van der Waals surface area contributed by atoms with Crippen LogP contribution in [0.3, 0.4) is 0 Å². The van der Waals surface area contributed by atoms with Gasteiger partial charge in [-0.25, -0.2) is 4.79 Å². The molecule has 0 spiro atoms. The van der Waals surface area contributed by atoms with Gasteiger partial charge in [0.25, 0.3) is 0 Å². The van der Waals surface area contributed by atoms with Crippen molar-refractivity contribution in [2.45, 2.75) is 38.0 Å². The molecule has 0 N–H and O–H groups in total. The molecule has 2 rings (SSSR count). The number of rotatable bonds is 9. The van der Waals surface area contributed by atoms with Crippen LogP contribution in [-0.4, -0.2) is 31.1 Å². The summed E-state index contributed by atoms with van der Waals surface area (Å²) < 4.78 is 15.7. The molecule has 1 aliphatic rings. The van der Waals surface area contributed by atoms with Gasteiger partial charge >= 0.3 is 17.9 Å². The predicted octanol–water partition coefficient (Wildman–Crippen LogP) is 3.61. The zero-order valence-electron chi connectivity index (χ0n) is 17.7. The maximum atomic E-state index is 11.9. The molecule has 0 saturated carbocycles. The normalized spacial score (nSPS) is 11.6. The molecule has 0 atom stereocenters. The van der Waals surface area contributed by atoms with Crippen LogP contribution in [0.5, 0.6) is 11.5 Å². The number of nitrogens with zero attached hydrogens (tertiary/aromatic N) is 3. The molecule has 0 unspecified atom stereocenters. The maximum absolute atomic E-state index is 11.9. The maximum Gasteiger partial charge on any atom is 0.330 e. The van der Waals surface area contributed by atoms with Crippen molar-refractivity contribution in [1.29, 1.82) is 10.5 Å². The minimum absolute atomic E-state index is 0.133. The second-order valence-electron chi connectivity index (χ2n) is 6.40. The molecule has 1 aliphatic heterocycles. The molecule has 0 amide bonds. The third kappa shape index (κ3) is 5.90. The first-order chi connectivity index (χ1) is 15.4. The molecule has 32 heavy (non-hydrogen) atoms. The third-order valence-electron chi connectivity index (χ3n) is 4.16. The minimum atomic E-state index is -0.551. The van der Waals surface area contributed by atoms with Gasteiger partial charge in [0, 0.05) is 26.0 Å². The summed E-state index contributed by atoms with van der Waals surface area (Å²) in [6.45, 7) is 6.74. The summed E-state index contributed by atoms with van der Waals surface area (Å²) >= 11 is 1.09. The molecule has 0 aromatic heterocycles. The Morgan fingerprint density at radius 3 is 2.44 bits per heavy atom. The number of carbonyl (C=O) groups is 3. The number of hydrogen-bond donors (Lipinski definition) is 0. The van der Waals surface area contributed by atoms with E-state index in [-0.39, 0.29) is 30.1 Å². The standard InChI is InChI=1S/C22H21N3O6S/c1-4-18(27)29-11-7-6-10-25-20-16(30-14(3)26)8-9-17(31-19(28)5-2)21(20)32-22(25)15(12-23)13-24/h4,8-9H,1,5-7,10-11H2,2-3H3. The van der Waals surface area contributed by atoms with Crippen LogP contribution in [0, 0.1) is 22.7 Å². The summed E-state index contributed by atoms with van der Waals surface area (Å²) in [5, 5.41) is 19.2. The molecule has 1 aromatic rings. The SMILES string of the molecule is C=CC(=O)OCCCCN1C(=C(C#N)C#N)Sc2c(OC(=O)CC)ccc(OC(C)=O)c21. The molecular formula is C22H21N3O6S. The van der Waals surface area contributed by atoms with E-state index >= 15 is 0 Å². The fourth-order valence-electron chi connectivity index (χ4n) is 2.78. The summed E-state index contributed by atoms with van der Waals surface area (Å²) in [5.41, 5.74) is 0.290. The number of hydrogen-bond acceptors (Lipinski definition) is 10. The summed E-state index contributed by atoms with van der Waals surface area (Å²) in [6, 6.07) is 6.75. The van der Waals surface area contributed by atoms with Crippen LogP contribution in [0.2, 0.25) is 0 Å². The molecular weight excluding hydrogens is 434 g/mol. The summed E-state index contributed by atoms with van der Waals surface area (Å²) in [6.07, 6.45) is 2.26. The summed E-state index contributed by atoms with van der Waals surface area (Å²) in [5.74, 6) is -1.09. The lowest BCUT2D eigenvalue weighted by Gasteiger charge is -2.22. The molecule has 0 fully saturated rings. The van der Waals surface area contributed by atoms with Crippen molar-refractivity contribution in [1.82, 2.24) is 0 Å². The Balaban J connectivity index is 2.45. The van der Waals surface area contributed by atoms with Crippen LogP contribution >= 0.6 is 11.8 Å². The lowest BCUT2D eigenvalue weighted by Crippen LogP contribution is -2.22. The van der Waals surface area contributed by atoms with Gasteiger partial charge in [-0.3, -0.25) is 9.59 Å². The number of benzene rings is 1. The van der Waals surface area contributed by atoms with Crippen LogP contribution in [-0.2, 0) is 19.1 Å². The Morgan fingerprint density at radius 1 is 1.16 bits per heavy atom. The van der Waals surface area contributed by atoms with Crippen LogP contribution < -0.4 is 14.4 Å². The number of anilines is 1. The van der Waals surface area contributed by atoms with E-state index in [0.717, 1.165) is 17.8 Å². The van der Waals surface area contributed by atoms with Crippen molar-refractivity contribution in [2.75, 3.05) is 18.1 Å². The minimum Gasteiger partial charge on any atom is -0.463 e. The Bertz CT molecular complexity index is 1030. The fourth-order valence-corrected chi connectivity index (χ4v) is 3.98. The number of esters is 3. The Hall–Kier alpha value is -3.76. The average molecular weight is 455 g/mol. The number of fused-ring (bicyclic) bond motifs is 1. The third-order valence-corrected chi connectivity index (χ3v) is 5.38. The number of nitriles is 2. The highest BCUT2D eigenvalue weighted by molar-refractivity contribution is 8.03. The van der Waals surface area contributed by atoms with E-state index in [2.05, 4.69) is 6.58 Å². The predicted molar refractivity (Wildman–Crippen MR) is 116 cm³/mol. The lowest BCUT2D eigenvalue weighted by molar-refractivity contribution is -0.138. The van der Waals surface area contributed by atoms with Gasteiger partial charge < -0.3 is 19.1 Å². The zero-order valence-corrected chi connectivity index (χ0v) is 18.5. The number of carbonyl (C=O) groups excluding carboxylic acids is 3. The average Bonchev–Trinajstić information content (AvgIpc) is 3.15. The van der Waals surface area contributed by atoms with Crippen molar-refractivity contribution in [3.63, 3.8) is 0 Å². The van der Waals surface area contributed by atoms with E-state index in [4.69, 9.17) is 14.2 Å². The number of ether oxygens (including phenoxy) is 3. The van der Waals surface area contributed by atoms with Crippen LogP contribution in [0.15, 0.2) is 40.3 Å². The Kier molecular flexibility index (Phi) is 8.87. The van der Waals surface area contributed by atoms with Gasteiger partial charge in [-0.15, -0.1) is 0 Å². The monoisotopic (exact) mass is 455 g/mol. The van der Waals surface area contributed by atoms with Gasteiger partial charge in [-0.1, -0.05) is 25.3 Å². The molecule has 166 valence electrons. The van der Waals surface area contributed by atoms with Crippen LogP contribution in [0.1, 0.15) is 33.1 Å². The van der Waals surface area contributed by atoms with Gasteiger partial charge in [0.05, 0.1) is 11.5 Å². The molecule has 0 aliphatic carbocycles. The first kappa shape index (κ1) is 24.5. The molecule has 1 heterocycles. The smallest absolute Gasteiger partial charge is 0.330 e. The van der Waals surface area contributed by atoms with Crippen molar-refractivity contribution in [3.05, 3.63) is 35.4 Å². The highest BCUT2D eigenvalue weighted by Crippen LogP contribution is 2.55. The van der Waals surface area contributed by atoms with Crippen LogP contribution in [0.25, 0.3) is 0 Å². The molecule has 0 bridgehead atoms. The second-order valence-corrected chi connectivity index (χ2v) is 7.40. The van der Waals surface area contributed by atoms with Crippen molar-refractivity contribution in [2.24, 2.45) is 0 Å². The lowest BCUT2D eigenvalue weighted by atomic mass is 10.2. The molecule has 0 radical (unpaired) electrons. The first-order valence-electron chi connectivity index (χ1n) is 9.71.